The maximum atomic E-state index is 13.4. The van der Waals surface area contributed by atoms with Gasteiger partial charge in [-0.1, -0.05) is 0 Å². The van der Waals surface area contributed by atoms with E-state index in [1.807, 2.05) is 0 Å². The van der Waals surface area contributed by atoms with Crippen molar-refractivity contribution in [3.8, 4) is 0 Å². The summed E-state index contributed by atoms with van der Waals surface area (Å²) in [5.41, 5.74) is -0.197. The Morgan fingerprint density at radius 3 is 2.77 bits per heavy atom. The second-order valence-corrected chi connectivity index (χ2v) is 6.41. The second kappa shape index (κ2) is 5.14. The van der Waals surface area contributed by atoms with Crippen molar-refractivity contribution in [1.82, 2.24) is 15.6 Å². The Balaban J connectivity index is 1.53. The van der Waals surface area contributed by atoms with Crippen LogP contribution >= 0.6 is 0 Å². The molecule has 2 N–H and O–H groups in total. The van der Waals surface area contributed by atoms with Gasteiger partial charge in [-0.2, -0.15) is 8.78 Å². The van der Waals surface area contributed by atoms with Crippen LogP contribution in [0.5, 0.6) is 0 Å². The first-order valence-electron chi connectivity index (χ1n) is 7.31. The van der Waals surface area contributed by atoms with Crippen molar-refractivity contribution in [3.05, 3.63) is 29.6 Å². The van der Waals surface area contributed by atoms with Crippen LogP contribution in [0.4, 0.5) is 18.0 Å². The van der Waals surface area contributed by atoms with E-state index in [0.29, 0.717) is 24.8 Å². The smallest absolute Gasteiger partial charge is 0.315 e. The zero-order chi connectivity index (χ0) is 16.0. The number of nitrogens with one attached hydrogen (secondary N) is 2. The van der Waals surface area contributed by atoms with E-state index in [9.17, 15) is 18.0 Å². The van der Waals surface area contributed by atoms with Gasteiger partial charge in [0.25, 0.3) is 5.92 Å². The number of alkyl halides is 3. The molecule has 0 aliphatic heterocycles. The van der Waals surface area contributed by atoms with Crippen LogP contribution in [0, 0.1) is 5.92 Å². The molecular weight excluding hydrogens is 295 g/mol. The highest BCUT2D eigenvalue weighted by atomic mass is 19.3. The van der Waals surface area contributed by atoms with Gasteiger partial charge in [0, 0.05) is 31.6 Å². The quantitative estimate of drug-likeness (QED) is 0.898. The normalized spacial score (nSPS) is 29.8. The lowest BCUT2D eigenvalue weighted by Gasteiger charge is -2.38. The van der Waals surface area contributed by atoms with Crippen molar-refractivity contribution in [1.29, 1.82) is 0 Å². The summed E-state index contributed by atoms with van der Waals surface area (Å²) >= 11 is 0. The van der Waals surface area contributed by atoms with E-state index in [2.05, 4.69) is 15.6 Å². The molecule has 3 fully saturated rings. The summed E-state index contributed by atoms with van der Waals surface area (Å²) in [7, 11) is 0. The zero-order valence-corrected chi connectivity index (χ0v) is 12.2. The number of hydrogen-bond donors (Lipinski definition) is 2. The predicted molar refractivity (Wildman–Crippen MR) is 74.1 cm³/mol. The van der Waals surface area contributed by atoms with Crippen LogP contribution < -0.4 is 10.6 Å². The number of pyridine rings is 1. The SMILES string of the molecule is CC(F)(F)c1cc(CNC(=O)NC23CC(C2)[C@@H](F)C3)ccn1. The largest absolute Gasteiger partial charge is 0.334 e. The lowest BCUT2D eigenvalue weighted by molar-refractivity contribution is 0.0127. The Morgan fingerprint density at radius 2 is 2.18 bits per heavy atom. The number of fused-ring (bicyclic) bond motifs is 1. The number of nitrogens with zero attached hydrogens (tertiary/aromatic N) is 1. The fourth-order valence-corrected chi connectivity index (χ4v) is 3.35. The predicted octanol–water partition coefficient (Wildman–Crippen LogP) is 2.88. The Bertz CT molecular complexity index is 582. The molecule has 3 aliphatic rings. The molecule has 1 heterocycles. The van der Waals surface area contributed by atoms with Crippen LogP contribution in [0.2, 0.25) is 0 Å². The molecule has 0 radical (unpaired) electrons. The van der Waals surface area contributed by atoms with Gasteiger partial charge in [0.15, 0.2) is 0 Å². The van der Waals surface area contributed by atoms with Crippen LogP contribution in [0.3, 0.4) is 0 Å². The Morgan fingerprint density at radius 1 is 1.45 bits per heavy atom. The molecule has 0 unspecified atom stereocenters. The summed E-state index contributed by atoms with van der Waals surface area (Å²) in [4.78, 5) is 15.5. The van der Waals surface area contributed by atoms with Crippen molar-refractivity contribution in [2.24, 2.45) is 5.92 Å². The van der Waals surface area contributed by atoms with Gasteiger partial charge in [0.2, 0.25) is 0 Å². The Hall–Kier alpha value is -1.79. The lowest BCUT2D eigenvalue weighted by Crippen LogP contribution is -2.54. The van der Waals surface area contributed by atoms with Crippen molar-refractivity contribution >= 4 is 6.03 Å². The molecule has 2 bridgehead atoms. The van der Waals surface area contributed by atoms with Gasteiger partial charge in [0.1, 0.15) is 11.9 Å². The van der Waals surface area contributed by atoms with Crippen LogP contribution in [-0.2, 0) is 12.5 Å². The van der Waals surface area contributed by atoms with Gasteiger partial charge >= 0.3 is 6.03 Å². The minimum absolute atomic E-state index is 0.0786. The number of halogens is 3. The maximum Gasteiger partial charge on any atom is 0.315 e. The molecule has 4 nitrogen and oxygen atoms in total. The molecule has 1 aromatic heterocycles. The van der Waals surface area contributed by atoms with E-state index in [4.69, 9.17) is 0 Å². The van der Waals surface area contributed by atoms with Gasteiger partial charge < -0.3 is 10.6 Å². The average molecular weight is 313 g/mol. The van der Waals surface area contributed by atoms with Gasteiger partial charge in [-0.25, -0.2) is 9.18 Å². The molecule has 2 amide bonds. The van der Waals surface area contributed by atoms with Crippen LogP contribution in [0.25, 0.3) is 0 Å². The third-order valence-electron chi connectivity index (χ3n) is 4.51. The fourth-order valence-electron chi connectivity index (χ4n) is 3.35. The van der Waals surface area contributed by atoms with E-state index in [1.54, 1.807) is 6.07 Å². The minimum atomic E-state index is -3.02. The summed E-state index contributed by atoms with van der Waals surface area (Å²) in [5, 5.41) is 5.44. The monoisotopic (exact) mass is 313 g/mol. The summed E-state index contributed by atoms with van der Waals surface area (Å²) in [6, 6.07) is 2.44. The van der Waals surface area contributed by atoms with Crippen molar-refractivity contribution < 1.29 is 18.0 Å². The van der Waals surface area contributed by atoms with E-state index in [-0.39, 0.29) is 18.2 Å². The van der Waals surface area contributed by atoms with Gasteiger partial charge in [-0.3, -0.25) is 4.98 Å². The molecule has 0 saturated heterocycles. The zero-order valence-electron chi connectivity index (χ0n) is 12.2. The topological polar surface area (TPSA) is 54.0 Å². The first-order chi connectivity index (χ1) is 10.3. The summed E-state index contributed by atoms with van der Waals surface area (Å²) in [6.45, 7) is 0.898. The number of rotatable bonds is 4. The lowest BCUT2D eigenvalue weighted by atomic mass is 9.77. The molecule has 1 atom stereocenters. The number of hydrogen-bond acceptors (Lipinski definition) is 2. The van der Waals surface area contributed by atoms with Gasteiger partial charge in [0.05, 0.1) is 0 Å². The highest BCUT2D eigenvalue weighted by Gasteiger charge is 2.57. The second-order valence-electron chi connectivity index (χ2n) is 6.41. The molecule has 0 aromatic carbocycles. The van der Waals surface area contributed by atoms with Crippen molar-refractivity contribution in [2.75, 3.05) is 0 Å². The summed E-state index contributed by atoms with van der Waals surface area (Å²) < 4.78 is 39.8. The molecule has 3 aliphatic carbocycles. The van der Waals surface area contributed by atoms with Crippen LogP contribution in [-0.4, -0.2) is 22.7 Å². The maximum absolute atomic E-state index is 13.4. The third-order valence-corrected chi connectivity index (χ3v) is 4.51. The first kappa shape index (κ1) is 15.1. The van der Waals surface area contributed by atoms with Crippen molar-refractivity contribution in [2.45, 2.75) is 50.4 Å². The molecule has 120 valence electrons. The van der Waals surface area contributed by atoms with E-state index < -0.39 is 23.7 Å². The van der Waals surface area contributed by atoms with E-state index in [0.717, 1.165) is 6.92 Å². The molecule has 4 rings (SSSR count). The van der Waals surface area contributed by atoms with E-state index >= 15 is 0 Å². The molecule has 3 saturated carbocycles. The standard InChI is InChI=1S/C15H18F3N3O/c1-14(17,18)12-4-9(2-3-19-12)8-20-13(22)21-15-5-10(6-15)11(16)7-15/h2-4,10-11H,5-8H2,1H3,(H2,20,21,22)/t10?,11-,15?/m0/s1. The average Bonchev–Trinajstić information content (AvgIpc) is 2.87. The molecule has 0 spiro atoms. The molecular formula is C15H18F3N3O. The highest BCUT2D eigenvalue weighted by molar-refractivity contribution is 5.75. The number of amides is 2. The van der Waals surface area contributed by atoms with Gasteiger partial charge in [-0.15, -0.1) is 0 Å². The summed E-state index contributed by atoms with van der Waals surface area (Å²) in [5.74, 6) is -2.94. The van der Waals surface area contributed by atoms with Gasteiger partial charge in [-0.05, 0) is 36.5 Å². The third kappa shape index (κ3) is 2.89. The Kier molecular flexibility index (Phi) is 3.53. The molecule has 7 heteroatoms. The fraction of sp³-hybridized carbons (Fsp3) is 0.600. The van der Waals surface area contributed by atoms with Crippen LogP contribution in [0.15, 0.2) is 18.3 Å². The summed E-state index contributed by atoms with van der Waals surface area (Å²) in [6.07, 6.45) is 2.20. The molecule has 22 heavy (non-hydrogen) atoms. The van der Waals surface area contributed by atoms with Crippen molar-refractivity contribution in [3.63, 3.8) is 0 Å². The van der Waals surface area contributed by atoms with E-state index in [1.165, 1.54) is 12.3 Å². The number of carbonyl (C=O) groups excluding carboxylic acids is 1. The molecule has 1 aromatic rings. The van der Waals surface area contributed by atoms with Crippen LogP contribution in [0.1, 0.15) is 37.4 Å². The number of carbonyl (C=O) groups is 1. The number of aromatic nitrogens is 1. The Labute approximate surface area is 126 Å². The number of urea groups is 1. The highest BCUT2D eigenvalue weighted by Crippen LogP contribution is 2.53. The first-order valence-corrected chi connectivity index (χ1v) is 7.31. The minimum Gasteiger partial charge on any atom is -0.334 e.